The largest absolute Gasteiger partial charge is 0.508 e. The SMILES string of the molecule is O=C(C1CCc2cccc(O)c21)N1CCC[C@@H]2C[C@@]21CO. The van der Waals surface area contributed by atoms with Gasteiger partial charge in [-0.1, -0.05) is 12.1 Å². The molecule has 3 atom stereocenters. The fourth-order valence-electron chi connectivity index (χ4n) is 4.50. The highest BCUT2D eigenvalue weighted by Gasteiger charge is 2.61. The first-order valence-corrected chi connectivity index (χ1v) is 7.90. The maximum atomic E-state index is 13.0. The molecule has 0 spiro atoms. The molecule has 2 aliphatic carbocycles. The van der Waals surface area contributed by atoms with E-state index in [-0.39, 0.29) is 29.7 Å². The van der Waals surface area contributed by atoms with Gasteiger partial charge in [0.05, 0.1) is 18.1 Å². The molecular weight excluding hydrogens is 266 g/mol. The van der Waals surface area contributed by atoms with Gasteiger partial charge in [0.15, 0.2) is 0 Å². The van der Waals surface area contributed by atoms with Gasteiger partial charge in [0.2, 0.25) is 5.91 Å². The van der Waals surface area contributed by atoms with Crippen molar-refractivity contribution in [3.05, 3.63) is 29.3 Å². The van der Waals surface area contributed by atoms with Crippen LogP contribution in [0.5, 0.6) is 5.75 Å². The van der Waals surface area contributed by atoms with Crippen LogP contribution in [0.1, 0.15) is 42.7 Å². The molecule has 1 saturated heterocycles. The van der Waals surface area contributed by atoms with Gasteiger partial charge in [-0.05, 0) is 49.7 Å². The van der Waals surface area contributed by atoms with Crippen LogP contribution in [0.25, 0.3) is 0 Å². The average molecular weight is 287 g/mol. The highest BCUT2D eigenvalue weighted by atomic mass is 16.3. The summed E-state index contributed by atoms with van der Waals surface area (Å²) in [6.07, 6.45) is 4.71. The molecular formula is C17H21NO3. The van der Waals surface area contributed by atoms with Crippen molar-refractivity contribution in [2.45, 2.75) is 43.6 Å². The summed E-state index contributed by atoms with van der Waals surface area (Å²) >= 11 is 0. The summed E-state index contributed by atoms with van der Waals surface area (Å²) in [4.78, 5) is 14.9. The zero-order valence-electron chi connectivity index (χ0n) is 12.1. The number of aliphatic hydroxyl groups is 1. The van der Waals surface area contributed by atoms with Gasteiger partial charge >= 0.3 is 0 Å². The van der Waals surface area contributed by atoms with Crippen LogP contribution in [0, 0.1) is 5.92 Å². The number of fused-ring (bicyclic) bond motifs is 2. The van der Waals surface area contributed by atoms with Crippen LogP contribution in [-0.4, -0.2) is 39.7 Å². The molecule has 112 valence electrons. The predicted octanol–water partition coefficient (Wildman–Crippen LogP) is 1.80. The number of carbonyl (C=O) groups is 1. The quantitative estimate of drug-likeness (QED) is 0.872. The highest BCUT2D eigenvalue weighted by Crippen LogP contribution is 2.55. The van der Waals surface area contributed by atoms with Crippen LogP contribution in [0.2, 0.25) is 0 Å². The lowest BCUT2D eigenvalue weighted by atomic mass is 9.95. The van der Waals surface area contributed by atoms with Crippen molar-refractivity contribution in [1.29, 1.82) is 0 Å². The zero-order chi connectivity index (χ0) is 14.6. The van der Waals surface area contributed by atoms with Gasteiger partial charge < -0.3 is 15.1 Å². The summed E-state index contributed by atoms with van der Waals surface area (Å²) in [5, 5.41) is 19.9. The van der Waals surface area contributed by atoms with E-state index in [4.69, 9.17) is 0 Å². The molecule has 1 amide bonds. The zero-order valence-corrected chi connectivity index (χ0v) is 12.1. The summed E-state index contributed by atoms with van der Waals surface area (Å²) in [6.45, 7) is 0.819. The van der Waals surface area contributed by atoms with Crippen molar-refractivity contribution in [1.82, 2.24) is 4.90 Å². The maximum Gasteiger partial charge on any atom is 0.230 e. The molecule has 1 unspecified atom stereocenters. The number of phenolic OH excluding ortho intramolecular Hbond substituents is 1. The van der Waals surface area contributed by atoms with Crippen molar-refractivity contribution in [2.24, 2.45) is 5.92 Å². The van der Waals surface area contributed by atoms with E-state index < -0.39 is 0 Å². The lowest BCUT2D eigenvalue weighted by Crippen LogP contribution is -2.50. The predicted molar refractivity (Wildman–Crippen MR) is 78.0 cm³/mol. The molecule has 3 aliphatic rings. The first-order valence-electron chi connectivity index (χ1n) is 7.90. The van der Waals surface area contributed by atoms with Crippen LogP contribution in [0.15, 0.2) is 18.2 Å². The van der Waals surface area contributed by atoms with Crippen molar-refractivity contribution in [3.63, 3.8) is 0 Å². The Kier molecular flexibility index (Phi) is 2.80. The Balaban J connectivity index is 1.65. The van der Waals surface area contributed by atoms with E-state index in [9.17, 15) is 15.0 Å². The lowest BCUT2D eigenvalue weighted by Gasteiger charge is -2.37. The number of aliphatic hydroxyl groups excluding tert-OH is 1. The minimum atomic E-state index is -0.289. The molecule has 0 aromatic heterocycles. The number of phenols is 1. The topological polar surface area (TPSA) is 60.8 Å². The van der Waals surface area contributed by atoms with E-state index >= 15 is 0 Å². The van der Waals surface area contributed by atoms with E-state index in [0.29, 0.717) is 5.92 Å². The number of piperidine rings is 1. The van der Waals surface area contributed by atoms with E-state index in [2.05, 4.69) is 0 Å². The van der Waals surface area contributed by atoms with E-state index in [0.717, 1.165) is 49.8 Å². The number of hydrogen-bond acceptors (Lipinski definition) is 3. The van der Waals surface area contributed by atoms with Gasteiger partial charge in [-0.15, -0.1) is 0 Å². The molecule has 0 radical (unpaired) electrons. The van der Waals surface area contributed by atoms with Gasteiger partial charge in [-0.25, -0.2) is 0 Å². The van der Waals surface area contributed by atoms with E-state index in [1.54, 1.807) is 6.07 Å². The van der Waals surface area contributed by atoms with E-state index in [1.165, 1.54) is 0 Å². The molecule has 4 nitrogen and oxygen atoms in total. The minimum absolute atomic E-state index is 0.0732. The van der Waals surface area contributed by atoms with Gasteiger partial charge in [-0.2, -0.15) is 0 Å². The summed E-state index contributed by atoms with van der Waals surface area (Å²) in [6, 6.07) is 5.51. The summed E-state index contributed by atoms with van der Waals surface area (Å²) in [5.41, 5.74) is 1.62. The van der Waals surface area contributed by atoms with Crippen molar-refractivity contribution >= 4 is 5.91 Å². The molecule has 1 aromatic rings. The standard InChI is InChI=1S/C17H21NO3/c19-10-17-9-12(17)4-2-8-18(17)16(21)13-7-6-11-3-1-5-14(20)15(11)13/h1,3,5,12-13,19-20H,2,4,6-10H2/t12-,13?,17-/m1/s1. The number of hydrogen-bond donors (Lipinski definition) is 2. The molecule has 1 saturated carbocycles. The first-order chi connectivity index (χ1) is 10.2. The van der Waals surface area contributed by atoms with Crippen molar-refractivity contribution in [3.8, 4) is 5.75 Å². The summed E-state index contributed by atoms with van der Waals surface area (Å²) < 4.78 is 0. The number of amides is 1. The minimum Gasteiger partial charge on any atom is -0.508 e. The Labute approximate surface area is 124 Å². The van der Waals surface area contributed by atoms with Gasteiger partial charge in [0, 0.05) is 12.1 Å². The fourth-order valence-corrected chi connectivity index (χ4v) is 4.50. The molecule has 21 heavy (non-hydrogen) atoms. The van der Waals surface area contributed by atoms with Crippen LogP contribution in [0.4, 0.5) is 0 Å². The third kappa shape index (κ3) is 1.75. The number of aryl methyl sites for hydroxylation is 1. The molecule has 2 N–H and O–H groups in total. The Hall–Kier alpha value is -1.55. The monoisotopic (exact) mass is 287 g/mol. The van der Waals surface area contributed by atoms with Crippen molar-refractivity contribution < 1.29 is 15.0 Å². The van der Waals surface area contributed by atoms with Crippen molar-refractivity contribution in [2.75, 3.05) is 13.2 Å². The Bertz CT molecular complexity index is 600. The molecule has 1 heterocycles. The normalized spacial score (nSPS) is 33.5. The van der Waals surface area contributed by atoms with Crippen LogP contribution >= 0.6 is 0 Å². The number of rotatable bonds is 2. The van der Waals surface area contributed by atoms with Crippen LogP contribution in [0.3, 0.4) is 0 Å². The maximum absolute atomic E-state index is 13.0. The Morgan fingerprint density at radius 2 is 2.24 bits per heavy atom. The number of likely N-dealkylation sites (tertiary alicyclic amines) is 1. The van der Waals surface area contributed by atoms with Crippen LogP contribution in [-0.2, 0) is 11.2 Å². The van der Waals surface area contributed by atoms with E-state index in [1.807, 2.05) is 17.0 Å². The smallest absolute Gasteiger partial charge is 0.230 e. The Morgan fingerprint density at radius 3 is 3.05 bits per heavy atom. The second-order valence-electron chi connectivity index (χ2n) is 6.74. The molecule has 0 bridgehead atoms. The Morgan fingerprint density at radius 1 is 1.38 bits per heavy atom. The molecule has 1 aromatic carbocycles. The van der Waals surface area contributed by atoms with Gasteiger partial charge in [0.1, 0.15) is 5.75 Å². The highest BCUT2D eigenvalue weighted by molar-refractivity contribution is 5.87. The second kappa shape index (κ2) is 4.47. The fraction of sp³-hybridized carbons (Fsp3) is 0.588. The number of benzene rings is 1. The molecule has 2 fully saturated rings. The molecule has 4 heteroatoms. The lowest BCUT2D eigenvalue weighted by molar-refractivity contribution is -0.139. The van der Waals surface area contributed by atoms with Gasteiger partial charge in [0.25, 0.3) is 0 Å². The third-order valence-corrected chi connectivity index (χ3v) is 5.73. The first kappa shape index (κ1) is 13.1. The second-order valence-corrected chi connectivity index (χ2v) is 6.74. The third-order valence-electron chi connectivity index (χ3n) is 5.73. The van der Waals surface area contributed by atoms with Gasteiger partial charge in [-0.3, -0.25) is 4.79 Å². The average Bonchev–Trinajstić information content (AvgIpc) is 3.09. The van der Waals surface area contributed by atoms with Crippen LogP contribution < -0.4 is 0 Å². The molecule has 1 aliphatic heterocycles. The summed E-state index contributed by atoms with van der Waals surface area (Å²) in [7, 11) is 0. The summed E-state index contributed by atoms with van der Waals surface area (Å²) in [5.74, 6) is 0.590. The number of carbonyl (C=O) groups excluding carboxylic acids is 1. The number of nitrogens with zero attached hydrogens (tertiary/aromatic N) is 1. The molecule has 4 rings (SSSR count). The number of aromatic hydroxyl groups is 1.